The Balaban J connectivity index is 3.10. The number of halogens is 1. The van der Waals surface area contributed by atoms with Crippen LogP contribution in [0.3, 0.4) is 0 Å². The molecule has 1 aromatic rings. The molecule has 5 heteroatoms. The average molecular weight is 256 g/mol. The Hall–Kier alpha value is -1.62. The van der Waals surface area contributed by atoms with E-state index in [1.807, 2.05) is 0 Å². The number of benzene rings is 1. The summed E-state index contributed by atoms with van der Waals surface area (Å²) in [4.78, 5) is 11.6. The minimum Gasteiger partial charge on any atom is -0.494 e. The number of carbonyl (C=O) groups is 1. The van der Waals surface area contributed by atoms with E-state index < -0.39 is 23.3 Å². The summed E-state index contributed by atoms with van der Waals surface area (Å²) >= 11 is 0. The summed E-state index contributed by atoms with van der Waals surface area (Å²) in [6.45, 7) is 3.11. The van der Waals surface area contributed by atoms with Gasteiger partial charge in [0.05, 0.1) is 25.7 Å². The number of hydrogen-bond acceptors (Lipinski definition) is 4. The maximum Gasteiger partial charge on any atom is 0.314 e. The van der Waals surface area contributed by atoms with Crippen LogP contribution in [0.4, 0.5) is 4.39 Å². The van der Waals surface area contributed by atoms with Crippen LogP contribution in [0.15, 0.2) is 18.2 Å². The molecular weight excluding hydrogens is 239 g/mol. The molecule has 1 rings (SSSR count). The third-order valence-corrected chi connectivity index (χ3v) is 2.89. The first-order valence-electron chi connectivity index (χ1n) is 5.44. The van der Waals surface area contributed by atoms with Crippen LogP contribution in [0.2, 0.25) is 0 Å². The van der Waals surface area contributed by atoms with Gasteiger partial charge in [0.1, 0.15) is 0 Å². The van der Waals surface area contributed by atoms with Gasteiger partial charge in [-0.05, 0) is 31.5 Å². The van der Waals surface area contributed by atoms with E-state index in [1.165, 1.54) is 32.4 Å². The number of methoxy groups -OCH3 is 2. The molecule has 18 heavy (non-hydrogen) atoms. The van der Waals surface area contributed by atoms with Crippen LogP contribution in [0.25, 0.3) is 0 Å². The molecule has 4 nitrogen and oxygen atoms in total. The predicted molar refractivity (Wildman–Crippen MR) is 63.7 cm³/mol. The summed E-state index contributed by atoms with van der Waals surface area (Å²) < 4.78 is 22.7. The number of ether oxygens (including phenoxy) is 2. The van der Waals surface area contributed by atoms with Crippen molar-refractivity contribution < 1.29 is 23.8 Å². The van der Waals surface area contributed by atoms with E-state index in [1.54, 1.807) is 13.8 Å². The van der Waals surface area contributed by atoms with Gasteiger partial charge in [-0.1, -0.05) is 6.07 Å². The highest BCUT2D eigenvalue weighted by atomic mass is 19.1. The molecule has 0 aliphatic heterocycles. The van der Waals surface area contributed by atoms with Gasteiger partial charge in [0.25, 0.3) is 0 Å². The molecule has 0 amide bonds. The number of rotatable bonds is 4. The van der Waals surface area contributed by atoms with Crippen molar-refractivity contribution in [3.05, 3.63) is 29.6 Å². The van der Waals surface area contributed by atoms with Gasteiger partial charge in [-0.15, -0.1) is 0 Å². The quantitative estimate of drug-likeness (QED) is 0.838. The molecule has 0 saturated heterocycles. The zero-order valence-corrected chi connectivity index (χ0v) is 10.9. The van der Waals surface area contributed by atoms with E-state index in [2.05, 4.69) is 4.74 Å². The molecule has 100 valence electrons. The molecule has 0 saturated carbocycles. The maximum absolute atomic E-state index is 13.3. The second-order valence-electron chi connectivity index (χ2n) is 4.51. The van der Waals surface area contributed by atoms with Crippen LogP contribution in [0, 0.1) is 11.2 Å². The summed E-state index contributed by atoms with van der Waals surface area (Å²) in [5.41, 5.74) is -0.735. The van der Waals surface area contributed by atoms with Crippen LogP contribution >= 0.6 is 0 Å². The van der Waals surface area contributed by atoms with E-state index >= 15 is 0 Å². The van der Waals surface area contributed by atoms with Crippen LogP contribution < -0.4 is 4.74 Å². The maximum atomic E-state index is 13.3. The summed E-state index contributed by atoms with van der Waals surface area (Å²) in [6, 6.07) is 3.96. The monoisotopic (exact) mass is 256 g/mol. The fourth-order valence-corrected chi connectivity index (χ4v) is 1.64. The van der Waals surface area contributed by atoms with Crippen molar-refractivity contribution in [2.75, 3.05) is 14.2 Å². The second-order valence-corrected chi connectivity index (χ2v) is 4.51. The predicted octanol–water partition coefficient (Wildman–Crippen LogP) is 2.07. The minimum absolute atomic E-state index is 0.0206. The first-order valence-corrected chi connectivity index (χ1v) is 5.44. The van der Waals surface area contributed by atoms with Crippen molar-refractivity contribution >= 4 is 5.97 Å². The average Bonchev–Trinajstić information content (AvgIpc) is 2.37. The van der Waals surface area contributed by atoms with Crippen molar-refractivity contribution in [1.82, 2.24) is 0 Å². The molecule has 0 radical (unpaired) electrons. The Kier molecular flexibility index (Phi) is 4.29. The Bertz CT molecular complexity index is 443. The molecule has 0 bridgehead atoms. The normalized spacial score (nSPS) is 13.0. The van der Waals surface area contributed by atoms with E-state index in [4.69, 9.17) is 4.74 Å². The highest BCUT2D eigenvalue weighted by molar-refractivity contribution is 5.76. The first kappa shape index (κ1) is 14.4. The lowest BCUT2D eigenvalue weighted by Crippen LogP contribution is -2.32. The minimum atomic E-state index is -1.13. The molecule has 0 fully saturated rings. The zero-order chi connectivity index (χ0) is 13.9. The van der Waals surface area contributed by atoms with Crippen molar-refractivity contribution in [2.45, 2.75) is 20.0 Å². The lowest BCUT2D eigenvalue weighted by Gasteiger charge is -2.28. The van der Waals surface area contributed by atoms with E-state index in [-0.39, 0.29) is 5.75 Å². The highest BCUT2D eigenvalue weighted by Crippen LogP contribution is 2.36. The van der Waals surface area contributed by atoms with Crippen molar-refractivity contribution in [3.8, 4) is 5.75 Å². The molecule has 0 aliphatic carbocycles. The number of carbonyl (C=O) groups excluding carboxylic acids is 1. The van der Waals surface area contributed by atoms with E-state index in [9.17, 15) is 14.3 Å². The molecule has 1 N–H and O–H groups in total. The first-order chi connectivity index (χ1) is 8.34. The summed E-state index contributed by atoms with van der Waals surface area (Å²) in [6.07, 6.45) is -1.11. The van der Waals surface area contributed by atoms with Gasteiger partial charge in [0.15, 0.2) is 11.6 Å². The van der Waals surface area contributed by atoms with Crippen molar-refractivity contribution in [3.63, 3.8) is 0 Å². The number of aliphatic hydroxyl groups excluding tert-OH is 1. The highest BCUT2D eigenvalue weighted by Gasteiger charge is 2.38. The Morgan fingerprint density at radius 1 is 1.39 bits per heavy atom. The van der Waals surface area contributed by atoms with Crippen LogP contribution in [0.5, 0.6) is 5.75 Å². The van der Waals surface area contributed by atoms with Crippen LogP contribution in [0.1, 0.15) is 25.5 Å². The topological polar surface area (TPSA) is 55.8 Å². The van der Waals surface area contributed by atoms with Crippen molar-refractivity contribution in [2.24, 2.45) is 5.41 Å². The van der Waals surface area contributed by atoms with Crippen LogP contribution in [-0.4, -0.2) is 25.3 Å². The summed E-state index contributed by atoms with van der Waals surface area (Å²) in [5, 5.41) is 10.2. The number of hydrogen-bond donors (Lipinski definition) is 1. The Labute approximate surface area is 105 Å². The SMILES string of the molecule is COC(=O)C(C)(C)C(O)c1ccc(F)c(OC)c1. The molecule has 0 aromatic heterocycles. The second kappa shape index (κ2) is 5.35. The number of esters is 1. The lowest BCUT2D eigenvalue weighted by molar-refractivity contribution is -0.157. The third kappa shape index (κ3) is 2.61. The van der Waals surface area contributed by atoms with Gasteiger partial charge >= 0.3 is 5.97 Å². The largest absolute Gasteiger partial charge is 0.494 e. The van der Waals surface area contributed by atoms with Gasteiger partial charge in [-0.3, -0.25) is 4.79 Å². The zero-order valence-electron chi connectivity index (χ0n) is 10.9. The van der Waals surface area contributed by atoms with Gasteiger partial charge in [-0.25, -0.2) is 4.39 Å². The number of aliphatic hydroxyl groups is 1. The van der Waals surface area contributed by atoms with Crippen molar-refractivity contribution in [1.29, 1.82) is 0 Å². The van der Waals surface area contributed by atoms with E-state index in [0.29, 0.717) is 5.56 Å². The summed E-state index contributed by atoms with van der Waals surface area (Å²) in [7, 11) is 2.59. The Morgan fingerprint density at radius 3 is 2.50 bits per heavy atom. The molecule has 1 unspecified atom stereocenters. The van der Waals surface area contributed by atoms with Gasteiger partial charge in [0, 0.05) is 0 Å². The van der Waals surface area contributed by atoms with E-state index in [0.717, 1.165) is 0 Å². The van der Waals surface area contributed by atoms with Gasteiger partial charge in [-0.2, -0.15) is 0 Å². The fraction of sp³-hybridized carbons (Fsp3) is 0.462. The smallest absolute Gasteiger partial charge is 0.314 e. The third-order valence-electron chi connectivity index (χ3n) is 2.89. The standard InChI is InChI=1S/C13H17FO4/c1-13(2,12(16)18-4)11(15)8-5-6-9(14)10(7-8)17-3/h5-7,11,15H,1-4H3. The van der Waals surface area contributed by atoms with Crippen LogP contribution in [-0.2, 0) is 9.53 Å². The molecule has 0 heterocycles. The molecule has 0 aliphatic rings. The Morgan fingerprint density at radius 2 is 2.00 bits per heavy atom. The molecular formula is C13H17FO4. The molecule has 1 aromatic carbocycles. The molecule has 1 atom stereocenters. The molecule has 0 spiro atoms. The van der Waals surface area contributed by atoms with Gasteiger partial charge < -0.3 is 14.6 Å². The lowest BCUT2D eigenvalue weighted by atomic mass is 9.82. The fourth-order valence-electron chi connectivity index (χ4n) is 1.64. The van der Waals surface area contributed by atoms with Gasteiger partial charge in [0.2, 0.25) is 0 Å². The summed E-state index contributed by atoms with van der Waals surface area (Å²) in [5.74, 6) is -1.05.